The second kappa shape index (κ2) is 33.0. The molecule has 2 aliphatic rings. The number of carbonyl (C=O) groups is 4. The number of aryl methyl sites for hydroxylation is 3. The molecular weight excluding hydrogens is 1140 g/mol. The van der Waals surface area contributed by atoms with Crippen LogP contribution < -0.4 is 31.7 Å². The number of hydrogen-bond donors (Lipinski definition) is 5. The van der Waals surface area contributed by atoms with Crippen LogP contribution in [0, 0.1) is 23.7 Å². The van der Waals surface area contributed by atoms with Crippen LogP contribution in [-0.2, 0) is 55.3 Å². The lowest BCUT2D eigenvalue weighted by molar-refractivity contribution is -0.144. The van der Waals surface area contributed by atoms with Gasteiger partial charge in [-0.2, -0.15) is 10.4 Å². The molecular formula is C66H86N12O9S. The molecule has 5 heterocycles. The van der Waals surface area contributed by atoms with Gasteiger partial charge in [-0.15, -0.1) is 11.3 Å². The van der Waals surface area contributed by atoms with Crippen molar-refractivity contribution in [2.24, 2.45) is 12.5 Å². The Morgan fingerprint density at radius 3 is 2.07 bits per heavy atom. The minimum atomic E-state index is -0.941. The average Bonchev–Trinajstić information content (AvgIpc) is 2.37. The third-order valence-electron chi connectivity index (χ3n) is 16.0. The Morgan fingerprint density at radius 2 is 1.43 bits per heavy atom. The fourth-order valence-corrected chi connectivity index (χ4v) is 11.8. The van der Waals surface area contributed by atoms with E-state index in [1.807, 2.05) is 116 Å². The van der Waals surface area contributed by atoms with Crippen molar-refractivity contribution < 1.29 is 38.5 Å². The quantitative estimate of drug-likeness (QED) is 0.0255. The van der Waals surface area contributed by atoms with E-state index in [9.17, 15) is 29.1 Å². The first kappa shape index (κ1) is 66.1. The number of carbonyl (C=O) groups excluding carboxylic acids is 4. The average molecular weight is 1220 g/mol. The van der Waals surface area contributed by atoms with Crippen LogP contribution in [0.25, 0.3) is 21.6 Å². The molecule has 88 heavy (non-hydrogen) atoms. The molecule has 1 aliphatic heterocycles. The number of nitriles is 1. The SMILES string of the molecule is Cc1ncsc1-c1ccc(CNC(=O)[C@@H]2C[C@@H](O)CN2C(=O)[C@@H](NC(=O)COCCCCOCCCCOCCCCCn2cc(CNC(=O)N(c3ccc(-c4ccc(=O)n(C)c4)cc3)C3CCC(Nc4ccc(C#N)cn4)CC3)cn2)C(C)(C)C)cc1. The fourth-order valence-electron chi connectivity index (χ4n) is 11.0. The Morgan fingerprint density at radius 1 is 0.773 bits per heavy atom. The minimum Gasteiger partial charge on any atom is -0.391 e. The summed E-state index contributed by atoms with van der Waals surface area (Å²) >= 11 is 1.57. The number of aliphatic hydroxyl groups excluding tert-OH is 1. The number of hydrogen-bond acceptors (Lipinski definition) is 15. The molecule has 22 heteroatoms. The van der Waals surface area contributed by atoms with E-state index in [-0.39, 0.29) is 55.7 Å². The highest BCUT2D eigenvalue weighted by atomic mass is 32.1. The standard InChI is InChI=1S/C66H86N12O9S/c1-46-61(88-45-71-46)51-16-13-47(14-17-51)37-69-63(82)57-35-56(79)43-77(57)64(83)62(66(2,3)4)74-59(80)44-87-34-12-11-33-86-32-10-9-31-85-30-8-6-7-29-76-41-49(40-72-76)39-70-65(84)78(54-23-18-50(19-24-54)52-20-28-60(81)75(5)42-52)55-25-21-53(22-26-55)73-58-27-15-48(36-67)38-68-58/h13-20,23-24,27-28,38,40-42,45,53,55-57,62,79H,6-12,21-22,25-26,29-35,37,39,43-44H2,1-5H3,(H,68,73)(H,69,82)(H,70,84)(H,74,80)/t53?,55?,56-,57+,62-/m1/s1. The smallest absolute Gasteiger partial charge is 0.322 e. The first-order valence-electron chi connectivity index (χ1n) is 30.8. The Balaban J connectivity index is 0.650. The van der Waals surface area contributed by atoms with Gasteiger partial charge in [-0.3, -0.25) is 28.8 Å². The summed E-state index contributed by atoms with van der Waals surface area (Å²) in [6.45, 7) is 11.6. The number of anilines is 2. The van der Waals surface area contributed by atoms with Gasteiger partial charge in [0.1, 0.15) is 30.6 Å². The van der Waals surface area contributed by atoms with Gasteiger partial charge in [-0.1, -0.05) is 57.2 Å². The molecule has 2 fully saturated rings. The number of aliphatic hydroxyl groups is 1. The maximum Gasteiger partial charge on any atom is 0.322 e. The molecule has 0 spiro atoms. The highest BCUT2D eigenvalue weighted by molar-refractivity contribution is 7.13. The summed E-state index contributed by atoms with van der Waals surface area (Å²) in [5.74, 6) is -0.486. The van der Waals surface area contributed by atoms with E-state index in [1.165, 1.54) is 4.90 Å². The molecule has 2 aromatic carbocycles. The lowest BCUT2D eigenvalue weighted by Gasteiger charge is -2.37. The van der Waals surface area contributed by atoms with Gasteiger partial charge in [0.15, 0.2) is 0 Å². The van der Waals surface area contributed by atoms with Gasteiger partial charge in [0.25, 0.3) is 0 Å². The molecule has 1 saturated heterocycles. The monoisotopic (exact) mass is 1220 g/mol. The molecule has 8 rings (SSSR count). The van der Waals surface area contributed by atoms with Gasteiger partial charge >= 0.3 is 6.03 Å². The number of nitrogens with zero attached hydrogens (tertiary/aromatic N) is 8. The zero-order valence-electron chi connectivity index (χ0n) is 51.5. The molecule has 6 aromatic rings. The van der Waals surface area contributed by atoms with Crippen molar-refractivity contribution in [3.63, 3.8) is 0 Å². The minimum absolute atomic E-state index is 0.00488. The number of likely N-dealkylation sites (tertiary alicyclic amines) is 1. The Hall–Kier alpha value is -7.81. The van der Waals surface area contributed by atoms with Crippen LogP contribution in [0.15, 0.2) is 108 Å². The van der Waals surface area contributed by atoms with E-state index in [0.29, 0.717) is 51.6 Å². The van der Waals surface area contributed by atoms with Gasteiger partial charge in [0.05, 0.1) is 33.9 Å². The largest absolute Gasteiger partial charge is 0.391 e. The van der Waals surface area contributed by atoms with Crippen molar-refractivity contribution in [2.75, 3.05) is 56.4 Å². The zero-order chi connectivity index (χ0) is 62.4. The van der Waals surface area contributed by atoms with Gasteiger partial charge < -0.3 is 50.1 Å². The van der Waals surface area contributed by atoms with E-state index >= 15 is 0 Å². The summed E-state index contributed by atoms with van der Waals surface area (Å²) in [6.07, 6.45) is 15.8. The number of amides is 5. The number of unbranched alkanes of at least 4 members (excludes halogenated alkanes) is 4. The van der Waals surface area contributed by atoms with Crippen molar-refractivity contribution >= 4 is 46.6 Å². The Kier molecular flexibility index (Phi) is 24.8. The molecule has 0 bridgehead atoms. The molecule has 0 radical (unpaired) electrons. The lowest BCUT2D eigenvalue weighted by atomic mass is 9.85. The van der Waals surface area contributed by atoms with Gasteiger partial charge in [0.2, 0.25) is 23.3 Å². The molecule has 21 nitrogen and oxygen atoms in total. The molecule has 1 aliphatic carbocycles. The van der Waals surface area contributed by atoms with Crippen molar-refractivity contribution in [2.45, 2.75) is 155 Å². The number of urea groups is 1. The molecule has 1 saturated carbocycles. The van der Waals surface area contributed by atoms with Crippen molar-refractivity contribution in [3.05, 3.63) is 136 Å². The predicted molar refractivity (Wildman–Crippen MR) is 339 cm³/mol. The molecule has 0 unspecified atom stereocenters. The van der Waals surface area contributed by atoms with Gasteiger partial charge in [-0.25, -0.2) is 14.8 Å². The Bertz CT molecular complexity index is 3290. The second-order valence-corrected chi connectivity index (χ2v) is 24.8. The van der Waals surface area contributed by atoms with Crippen molar-refractivity contribution in [3.8, 4) is 27.6 Å². The van der Waals surface area contributed by atoms with Crippen LogP contribution >= 0.6 is 11.3 Å². The number of thiazole rings is 1. The van der Waals surface area contributed by atoms with Crippen LogP contribution in [0.5, 0.6) is 0 Å². The highest BCUT2D eigenvalue weighted by Gasteiger charge is 2.44. The van der Waals surface area contributed by atoms with Gasteiger partial charge in [-0.05, 0) is 136 Å². The van der Waals surface area contributed by atoms with Crippen molar-refractivity contribution in [1.29, 1.82) is 5.26 Å². The predicted octanol–water partition coefficient (Wildman–Crippen LogP) is 8.68. The zero-order valence-corrected chi connectivity index (χ0v) is 52.3. The number of ether oxygens (including phenoxy) is 3. The van der Waals surface area contributed by atoms with Crippen LogP contribution in [0.3, 0.4) is 0 Å². The van der Waals surface area contributed by atoms with Crippen LogP contribution in [0.4, 0.5) is 16.3 Å². The van der Waals surface area contributed by atoms with Crippen LogP contribution in [0.2, 0.25) is 0 Å². The van der Waals surface area contributed by atoms with Crippen LogP contribution in [0.1, 0.15) is 120 Å². The molecule has 3 atom stereocenters. The molecule has 5 N–H and O–H groups in total. The summed E-state index contributed by atoms with van der Waals surface area (Å²) in [6, 6.07) is 23.0. The number of pyridine rings is 2. The number of benzene rings is 2. The first-order chi connectivity index (χ1) is 42.5. The third-order valence-corrected chi connectivity index (χ3v) is 17.0. The van der Waals surface area contributed by atoms with Gasteiger partial charge in [0, 0.05) is 121 Å². The summed E-state index contributed by atoms with van der Waals surface area (Å²) in [5.41, 5.74) is 8.05. The number of rotatable bonds is 31. The third kappa shape index (κ3) is 19.6. The highest BCUT2D eigenvalue weighted by Crippen LogP contribution is 2.32. The number of aromatic nitrogens is 5. The van der Waals surface area contributed by atoms with E-state index in [2.05, 4.69) is 42.4 Å². The topological polar surface area (TPSA) is 260 Å². The molecule has 5 amide bonds. The molecule has 470 valence electrons. The molecule has 4 aromatic heterocycles. The first-order valence-corrected chi connectivity index (χ1v) is 31.7. The summed E-state index contributed by atoms with van der Waals surface area (Å²) < 4.78 is 20.9. The summed E-state index contributed by atoms with van der Waals surface area (Å²) in [4.78, 5) is 79.8. The van der Waals surface area contributed by atoms with E-state index < -0.39 is 35.4 Å². The lowest BCUT2D eigenvalue weighted by Crippen LogP contribution is -2.58. The maximum absolute atomic E-state index is 14.1. The number of β-amino-alcohol motifs (C(OH)–C–C–N with tert-alkyl or cyclic N) is 1. The Labute approximate surface area is 520 Å². The number of nitrogens with one attached hydrogen (secondary N) is 4. The van der Waals surface area contributed by atoms with E-state index in [1.54, 1.807) is 47.5 Å². The van der Waals surface area contributed by atoms with E-state index in [0.717, 1.165) is 121 Å². The normalized spacial score (nSPS) is 17.0. The van der Waals surface area contributed by atoms with Crippen LogP contribution in [-0.4, -0.2) is 135 Å². The van der Waals surface area contributed by atoms with Crippen molar-refractivity contribution in [1.82, 2.24) is 45.2 Å². The summed E-state index contributed by atoms with van der Waals surface area (Å²) in [5, 5.41) is 36.8. The fraction of sp³-hybridized carbons (Fsp3) is 0.500. The summed E-state index contributed by atoms with van der Waals surface area (Å²) in [7, 11) is 1.73. The van der Waals surface area contributed by atoms with E-state index in [4.69, 9.17) is 19.5 Å². The second-order valence-electron chi connectivity index (χ2n) is 23.9. The maximum atomic E-state index is 14.1.